The molecular weight excluding hydrogens is 522 g/mol. The van der Waals surface area contributed by atoms with Gasteiger partial charge in [0, 0.05) is 46.2 Å². The van der Waals surface area contributed by atoms with E-state index in [-0.39, 0.29) is 4.90 Å². The minimum absolute atomic E-state index is 0.225. The van der Waals surface area contributed by atoms with Gasteiger partial charge in [-0.05, 0) is 67.6 Å². The Morgan fingerprint density at radius 2 is 1.80 bits per heavy atom. The molecule has 0 radical (unpaired) electrons. The van der Waals surface area contributed by atoms with E-state index in [1.165, 1.54) is 10.3 Å². The summed E-state index contributed by atoms with van der Waals surface area (Å²) in [7, 11) is -3.72. The fourth-order valence-electron chi connectivity index (χ4n) is 4.40. The number of pyridine rings is 1. The van der Waals surface area contributed by atoms with Crippen LogP contribution in [0.25, 0.3) is 21.8 Å². The lowest BCUT2D eigenvalue weighted by Gasteiger charge is -2.15. The fourth-order valence-corrected chi connectivity index (χ4v) is 5.77. The van der Waals surface area contributed by atoms with Crippen molar-refractivity contribution < 1.29 is 13.5 Å². The summed E-state index contributed by atoms with van der Waals surface area (Å²) >= 11 is 0. The Morgan fingerprint density at radius 3 is 2.60 bits per heavy atom. The van der Waals surface area contributed by atoms with Crippen LogP contribution in [0, 0.1) is 11.8 Å². The standard InChI is InChI=1S/C31H23N5O3S/c1-31(37,24-6-5-16-32-20-24)15-13-22-9-11-28-27(18-22)30(34-21-33-28)35-25-10-12-29-23(19-25)14-17-36(29)40(38,39)26-7-3-2-4-8-26/h2-12,14,16-21,37H,1H3,(H,33,34,35). The van der Waals surface area contributed by atoms with Crippen LogP contribution in [0.15, 0.2) is 115 Å². The lowest BCUT2D eigenvalue weighted by molar-refractivity contribution is 0.122. The topological polar surface area (TPSA) is 110 Å². The van der Waals surface area contributed by atoms with Gasteiger partial charge in [0.25, 0.3) is 10.0 Å². The van der Waals surface area contributed by atoms with Gasteiger partial charge in [-0.15, -0.1) is 0 Å². The van der Waals surface area contributed by atoms with Crippen LogP contribution in [0.4, 0.5) is 11.5 Å². The number of rotatable bonds is 5. The maximum Gasteiger partial charge on any atom is 0.268 e. The predicted octanol–water partition coefficient (Wildman–Crippen LogP) is 5.22. The smallest absolute Gasteiger partial charge is 0.268 e. The summed E-state index contributed by atoms with van der Waals surface area (Å²) in [5, 5.41) is 15.7. The molecule has 3 aromatic heterocycles. The summed E-state index contributed by atoms with van der Waals surface area (Å²) in [6.07, 6.45) is 6.27. The Bertz CT molecular complexity index is 2030. The Morgan fingerprint density at radius 1 is 0.950 bits per heavy atom. The summed E-state index contributed by atoms with van der Waals surface area (Å²) in [5.74, 6) is 6.55. The van der Waals surface area contributed by atoms with Gasteiger partial charge in [0.1, 0.15) is 17.7 Å². The van der Waals surface area contributed by atoms with Gasteiger partial charge in [0.2, 0.25) is 0 Å². The number of nitrogens with one attached hydrogen (secondary N) is 1. The molecule has 0 aliphatic rings. The molecule has 0 aliphatic heterocycles. The normalized spacial score (nSPS) is 12.9. The van der Waals surface area contributed by atoms with E-state index in [1.54, 1.807) is 80.1 Å². The molecule has 0 aliphatic carbocycles. The van der Waals surface area contributed by atoms with Crippen LogP contribution < -0.4 is 5.32 Å². The monoisotopic (exact) mass is 545 g/mol. The van der Waals surface area contributed by atoms with Crippen molar-refractivity contribution in [2.45, 2.75) is 17.4 Å². The van der Waals surface area contributed by atoms with Crippen molar-refractivity contribution in [1.82, 2.24) is 18.9 Å². The Balaban J connectivity index is 1.32. The number of aliphatic hydroxyl groups is 1. The van der Waals surface area contributed by atoms with E-state index in [0.29, 0.717) is 22.5 Å². The van der Waals surface area contributed by atoms with Crippen LogP contribution >= 0.6 is 0 Å². The minimum atomic E-state index is -3.72. The van der Waals surface area contributed by atoms with Crippen molar-refractivity contribution in [3.63, 3.8) is 0 Å². The van der Waals surface area contributed by atoms with Gasteiger partial charge >= 0.3 is 0 Å². The van der Waals surface area contributed by atoms with Crippen LogP contribution in [0.2, 0.25) is 0 Å². The molecule has 6 rings (SSSR count). The molecule has 6 aromatic rings. The van der Waals surface area contributed by atoms with Crippen LogP contribution in [0.3, 0.4) is 0 Å². The molecular formula is C31H23N5O3S. The molecule has 0 amide bonds. The largest absolute Gasteiger partial charge is 0.374 e. The van der Waals surface area contributed by atoms with Gasteiger partial charge in [-0.1, -0.05) is 36.1 Å². The zero-order valence-electron chi connectivity index (χ0n) is 21.4. The summed E-state index contributed by atoms with van der Waals surface area (Å²) in [4.78, 5) is 13.1. The molecule has 9 heteroatoms. The molecule has 0 bridgehead atoms. The van der Waals surface area contributed by atoms with Gasteiger partial charge in [-0.25, -0.2) is 22.4 Å². The van der Waals surface area contributed by atoms with Crippen LogP contribution in [-0.2, 0) is 15.6 Å². The lowest BCUT2D eigenvalue weighted by atomic mass is 9.98. The number of anilines is 2. The fraction of sp³-hybridized carbons (Fsp3) is 0.0645. The second kappa shape index (κ2) is 9.93. The van der Waals surface area contributed by atoms with Gasteiger partial charge in [0.05, 0.1) is 15.9 Å². The average molecular weight is 546 g/mol. The number of hydrogen-bond acceptors (Lipinski definition) is 7. The highest BCUT2D eigenvalue weighted by atomic mass is 32.2. The molecule has 3 aromatic carbocycles. The summed E-state index contributed by atoms with van der Waals surface area (Å²) in [6.45, 7) is 1.63. The highest BCUT2D eigenvalue weighted by Crippen LogP contribution is 2.28. The van der Waals surface area contributed by atoms with E-state index in [4.69, 9.17) is 0 Å². The SMILES string of the molecule is CC(O)(C#Cc1ccc2ncnc(Nc3ccc4c(ccn4S(=O)(=O)c4ccccc4)c3)c2c1)c1cccnc1. The van der Waals surface area contributed by atoms with E-state index >= 15 is 0 Å². The highest BCUT2D eigenvalue weighted by molar-refractivity contribution is 7.90. The third-order valence-electron chi connectivity index (χ3n) is 6.53. The van der Waals surface area contributed by atoms with Crippen molar-refractivity contribution in [3.05, 3.63) is 121 Å². The maximum atomic E-state index is 13.2. The van der Waals surface area contributed by atoms with E-state index in [0.717, 1.165) is 22.0 Å². The number of benzene rings is 3. The first-order chi connectivity index (χ1) is 19.3. The number of nitrogens with zero attached hydrogens (tertiary/aromatic N) is 4. The highest BCUT2D eigenvalue weighted by Gasteiger charge is 2.20. The first-order valence-electron chi connectivity index (χ1n) is 12.4. The molecule has 196 valence electrons. The van der Waals surface area contributed by atoms with Gasteiger partial charge in [-0.2, -0.15) is 0 Å². The Hall–Kier alpha value is -5.04. The third-order valence-corrected chi connectivity index (χ3v) is 8.23. The van der Waals surface area contributed by atoms with E-state index in [1.807, 2.05) is 30.3 Å². The first-order valence-corrected chi connectivity index (χ1v) is 13.8. The van der Waals surface area contributed by atoms with Crippen LogP contribution in [0.5, 0.6) is 0 Å². The molecule has 0 saturated heterocycles. The molecule has 0 spiro atoms. The zero-order chi connectivity index (χ0) is 27.7. The number of aromatic nitrogens is 4. The number of hydrogen-bond donors (Lipinski definition) is 2. The van der Waals surface area contributed by atoms with E-state index in [9.17, 15) is 13.5 Å². The van der Waals surface area contributed by atoms with Gasteiger partial charge in [-0.3, -0.25) is 4.98 Å². The van der Waals surface area contributed by atoms with Gasteiger partial charge < -0.3 is 10.4 Å². The molecule has 0 saturated carbocycles. The van der Waals surface area contributed by atoms with Crippen LogP contribution in [-0.4, -0.2) is 32.4 Å². The average Bonchev–Trinajstić information content (AvgIpc) is 3.41. The minimum Gasteiger partial charge on any atom is -0.374 e. The van der Waals surface area contributed by atoms with Crippen molar-refractivity contribution >= 4 is 43.3 Å². The van der Waals surface area contributed by atoms with Crippen molar-refractivity contribution in [2.24, 2.45) is 0 Å². The van der Waals surface area contributed by atoms with E-state index in [2.05, 4.69) is 32.1 Å². The van der Waals surface area contributed by atoms with Crippen molar-refractivity contribution in [2.75, 3.05) is 5.32 Å². The molecule has 8 nitrogen and oxygen atoms in total. The quantitative estimate of drug-likeness (QED) is 0.286. The summed E-state index contributed by atoms with van der Waals surface area (Å²) in [5.41, 5.74) is 1.96. The summed E-state index contributed by atoms with van der Waals surface area (Å²) in [6, 6.07) is 24.6. The maximum absolute atomic E-state index is 13.2. The summed E-state index contributed by atoms with van der Waals surface area (Å²) < 4.78 is 27.6. The second-order valence-electron chi connectivity index (χ2n) is 9.35. The zero-order valence-corrected chi connectivity index (χ0v) is 22.2. The third kappa shape index (κ3) is 4.78. The van der Waals surface area contributed by atoms with Crippen molar-refractivity contribution in [3.8, 4) is 11.8 Å². The molecule has 3 heterocycles. The Kier molecular flexibility index (Phi) is 6.27. The van der Waals surface area contributed by atoms with Crippen molar-refractivity contribution in [1.29, 1.82) is 0 Å². The molecule has 40 heavy (non-hydrogen) atoms. The predicted molar refractivity (Wildman–Crippen MR) is 154 cm³/mol. The molecule has 1 unspecified atom stereocenters. The Labute approximate surface area is 231 Å². The molecule has 1 atom stereocenters. The second-order valence-corrected chi connectivity index (χ2v) is 11.2. The molecule has 0 fully saturated rings. The van der Waals surface area contributed by atoms with E-state index < -0.39 is 15.6 Å². The lowest BCUT2D eigenvalue weighted by Crippen LogP contribution is -2.18. The first kappa shape index (κ1) is 25.2. The van der Waals surface area contributed by atoms with Crippen LogP contribution in [0.1, 0.15) is 18.1 Å². The van der Waals surface area contributed by atoms with Gasteiger partial charge in [0.15, 0.2) is 0 Å². The number of fused-ring (bicyclic) bond motifs is 2. The molecule has 2 N–H and O–H groups in total.